The van der Waals surface area contributed by atoms with Crippen LogP contribution >= 0.6 is 0 Å². The molecule has 0 saturated heterocycles. The van der Waals surface area contributed by atoms with Crippen LogP contribution in [0.25, 0.3) is 0 Å². The highest BCUT2D eigenvalue weighted by molar-refractivity contribution is 5.26. The van der Waals surface area contributed by atoms with Crippen molar-refractivity contribution in [2.75, 3.05) is 0 Å². The summed E-state index contributed by atoms with van der Waals surface area (Å²) < 4.78 is 0. The van der Waals surface area contributed by atoms with E-state index < -0.39 is 0 Å². The third-order valence-corrected chi connectivity index (χ3v) is 3.96. The van der Waals surface area contributed by atoms with E-state index >= 15 is 0 Å². The summed E-state index contributed by atoms with van der Waals surface area (Å²) in [6, 6.07) is 17.8. The number of nitrogens with one attached hydrogen (secondary N) is 1. The Hall–Kier alpha value is -1.64. The molecule has 0 spiro atoms. The van der Waals surface area contributed by atoms with Crippen LogP contribution in [0.4, 0.5) is 0 Å². The molecular weight excluding hydrogens is 256 g/mol. The molecule has 0 aliphatic heterocycles. The minimum Gasteiger partial charge on any atom is -0.271 e. The lowest BCUT2D eigenvalue weighted by Gasteiger charge is -2.17. The maximum atomic E-state index is 5.74. The first kappa shape index (κ1) is 15.7. The summed E-state index contributed by atoms with van der Waals surface area (Å²) in [7, 11) is 0. The molecule has 0 heterocycles. The number of rotatable bonds is 7. The predicted octanol–water partition coefficient (Wildman–Crippen LogP) is 4.08. The molecule has 1 atom stereocenters. The first-order valence-electron chi connectivity index (χ1n) is 7.83. The van der Waals surface area contributed by atoms with Crippen molar-refractivity contribution in [1.82, 2.24) is 5.43 Å². The highest BCUT2D eigenvalue weighted by Crippen LogP contribution is 2.20. The van der Waals surface area contributed by atoms with E-state index in [1.54, 1.807) is 0 Å². The lowest BCUT2D eigenvalue weighted by Crippen LogP contribution is -2.28. The van der Waals surface area contributed by atoms with Crippen molar-refractivity contribution in [1.29, 1.82) is 0 Å². The van der Waals surface area contributed by atoms with Crippen LogP contribution in [0.5, 0.6) is 0 Å². The minimum atomic E-state index is 0.210. The van der Waals surface area contributed by atoms with Gasteiger partial charge in [0.25, 0.3) is 0 Å². The van der Waals surface area contributed by atoms with Crippen molar-refractivity contribution in [2.45, 2.75) is 45.6 Å². The SMILES string of the molecule is CCCc1ccc(C(CCc2ccc(C)cc2)NN)cc1. The lowest BCUT2D eigenvalue weighted by molar-refractivity contribution is 0.516. The molecule has 2 aromatic rings. The van der Waals surface area contributed by atoms with Crippen LogP contribution in [-0.4, -0.2) is 0 Å². The average Bonchev–Trinajstić information content (AvgIpc) is 2.51. The van der Waals surface area contributed by atoms with Gasteiger partial charge in [-0.15, -0.1) is 0 Å². The van der Waals surface area contributed by atoms with Gasteiger partial charge in [0.2, 0.25) is 0 Å². The van der Waals surface area contributed by atoms with Gasteiger partial charge >= 0.3 is 0 Å². The Morgan fingerprint density at radius 2 is 1.48 bits per heavy atom. The molecule has 0 aliphatic rings. The van der Waals surface area contributed by atoms with Gasteiger partial charge in [-0.1, -0.05) is 67.4 Å². The van der Waals surface area contributed by atoms with E-state index in [4.69, 9.17) is 5.84 Å². The zero-order chi connectivity index (χ0) is 15.1. The first-order chi connectivity index (χ1) is 10.2. The van der Waals surface area contributed by atoms with E-state index in [-0.39, 0.29) is 6.04 Å². The van der Waals surface area contributed by atoms with Crippen LogP contribution in [0, 0.1) is 6.92 Å². The van der Waals surface area contributed by atoms with Gasteiger partial charge in [-0.3, -0.25) is 11.3 Å². The number of aryl methyl sites for hydroxylation is 3. The topological polar surface area (TPSA) is 38.0 Å². The fourth-order valence-corrected chi connectivity index (χ4v) is 2.62. The number of nitrogens with two attached hydrogens (primary N) is 1. The van der Waals surface area contributed by atoms with Crippen LogP contribution < -0.4 is 11.3 Å². The van der Waals surface area contributed by atoms with Crippen molar-refractivity contribution in [3.8, 4) is 0 Å². The molecule has 3 N–H and O–H groups in total. The Morgan fingerprint density at radius 1 is 0.905 bits per heavy atom. The smallest absolute Gasteiger partial charge is 0.0463 e. The van der Waals surface area contributed by atoms with Gasteiger partial charge in [-0.25, -0.2) is 0 Å². The van der Waals surface area contributed by atoms with Crippen molar-refractivity contribution in [2.24, 2.45) is 5.84 Å². The van der Waals surface area contributed by atoms with Gasteiger partial charge in [-0.2, -0.15) is 0 Å². The van der Waals surface area contributed by atoms with Gasteiger partial charge in [-0.05, 0) is 42.9 Å². The van der Waals surface area contributed by atoms with Gasteiger partial charge in [0.15, 0.2) is 0 Å². The summed E-state index contributed by atoms with van der Waals surface area (Å²) in [6.45, 7) is 4.33. The van der Waals surface area contributed by atoms with Crippen molar-refractivity contribution < 1.29 is 0 Å². The fourth-order valence-electron chi connectivity index (χ4n) is 2.62. The van der Waals surface area contributed by atoms with Gasteiger partial charge in [0, 0.05) is 6.04 Å². The summed E-state index contributed by atoms with van der Waals surface area (Å²) >= 11 is 0. The fraction of sp³-hybridized carbons (Fsp3) is 0.368. The summed E-state index contributed by atoms with van der Waals surface area (Å²) in [5.74, 6) is 5.74. The number of hydrogen-bond donors (Lipinski definition) is 2. The molecule has 0 aliphatic carbocycles. The highest BCUT2D eigenvalue weighted by Gasteiger charge is 2.09. The van der Waals surface area contributed by atoms with Crippen LogP contribution in [0.1, 0.15) is 48.1 Å². The summed E-state index contributed by atoms with van der Waals surface area (Å²) in [4.78, 5) is 0. The second-order valence-electron chi connectivity index (χ2n) is 5.74. The largest absolute Gasteiger partial charge is 0.271 e. The van der Waals surface area contributed by atoms with Gasteiger partial charge in [0.1, 0.15) is 0 Å². The number of benzene rings is 2. The van der Waals surface area contributed by atoms with E-state index in [2.05, 4.69) is 67.8 Å². The summed E-state index contributed by atoms with van der Waals surface area (Å²) in [6.07, 6.45) is 4.37. The normalized spacial score (nSPS) is 12.3. The molecule has 2 aromatic carbocycles. The Kier molecular flexibility index (Phi) is 5.97. The maximum absolute atomic E-state index is 5.74. The van der Waals surface area contributed by atoms with E-state index in [0.717, 1.165) is 19.3 Å². The Morgan fingerprint density at radius 3 is 2.05 bits per heavy atom. The third-order valence-electron chi connectivity index (χ3n) is 3.96. The predicted molar refractivity (Wildman–Crippen MR) is 90.0 cm³/mol. The van der Waals surface area contributed by atoms with Crippen molar-refractivity contribution >= 4 is 0 Å². The van der Waals surface area contributed by atoms with Crippen LogP contribution in [0.3, 0.4) is 0 Å². The molecule has 0 bridgehead atoms. The van der Waals surface area contributed by atoms with Crippen LogP contribution in [-0.2, 0) is 12.8 Å². The number of hydrogen-bond acceptors (Lipinski definition) is 2. The summed E-state index contributed by atoms with van der Waals surface area (Å²) in [5, 5.41) is 0. The van der Waals surface area contributed by atoms with E-state index in [1.807, 2.05) is 0 Å². The molecule has 2 nitrogen and oxygen atoms in total. The van der Waals surface area contributed by atoms with Crippen LogP contribution in [0.2, 0.25) is 0 Å². The zero-order valence-corrected chi connectivity index (χ0v) is 13.1. The molecule has 0 saturated carbocycles. The maximum Gasteiger partial charge on any atom is 0.0463 e. The molecular formula is C19H26N2. The van der Waals surface area contributed by atoms with E-state index in [1.165, 1.54) is 28.7 Å². The van der Waals surface area contributed by atoms with Gasteiger partial charge < -0.3 is 0 Å². The highest BCUT2D eigenvalue weighted by atomic mass is 15.2. The lowest BCUT2D eigenvalue weighted by atomic mass is 9.97. The number of hydrazine groups is 1. The first-order valence-corrected chi connectivity index (χ1v) is 7.83. The monoisotopic (exact) mass is 282 g/mol. The zero-order valence-electron chi connectivity index (χ0n) is 13.1. The van der Waals surface area contributed by atoms with E-state index in [9.17, 15) is 0 Å². The molecule has 0 radical (unpaired) electrons. The van der Waals surface area contributed by atoms with E-state index in [0.29, 0.717) is 0 Å². The van der Waals surface area contributed by atoms with Crippen LogP contribution in [0.15, 0.2) is 48.5 Å². The van der Waals surface area contributed by atoms with Crippen molar-refractivity contribution in [3.05, 3.63) is 70.8 Å². The molecule has 0 amide bonds. The summed E-state index contributed by atoms with van der Waals surface area (Å²) in [5.41, 5.74) is 8.29. The Balaban J connectivity index is 1.97. The standard InChI is InChI=1S/C19H26N2/c1-3-4-16-9-12-18(13-10-16)19(21-20)14-11-17-7-5-15(2)6-8-17/h5-10,12-13,19,21H,3-4,11,14,20H2,1-2H3. The molecule has 2 heteroatoms. The van der Waals surface area contributed by atoms with Crippen molar-refractivity contribution in [3.63, 3.8) is 0 Å². The minimum absolute atomic E-state index is 0.210. The Labute approximate surface area is 128 Å². The Bertz CT molecular complexity index is 528. The molecule has 0 aromatic heterocycles. The third kappa shape index (κ3) is 4.69. The second-order valence-corrected chi connectivity index (χ2v) is 5.74. The average molecular weight is 282 g/mol. The quantitative estimate of drug-likeness (QED) is 0.593. The van der Waals surface area contributed by atoms with Gasteiger partial charge in [0.05, 0.1) is 0 Å². The molecule has 21 heavy (non-hydrogen) atoms. The molecule has 2 rings (SSSR count). The molecule has 0 fully saturated rings. The molecule has 1 unspecified atom stereocenters. The second kappa shape index (κ2) is 7.96. The molecule has 112 valence electrons.